The third-order valence-corrected chi connectivity index (χ3v) is 1.42. The first-order valence-corrected chi connectivity index (χ1v) is 3.55. The van der Waals surface area contributed by atoms with Crippen LogP contribution in [-0.4, -0.2) is 15.0 Å². The SMILES string of the molecule is Cc1coc(-c2ccncn2)n1. The van der Waals surface area contributed by atoms with Crippen molar-refractivity contribution in [2.45, 2.75) is 6.92 Å². The average molecular weight is 161 g/mol. The summed E-state index contributed by atoms with van der Waals surface area (Å²) in [6.45, 7) is 1.87. The molecule has 12 heavy (non-hydrogen) atoms. The molecule has 0 spiro atoms. The van der Waals surface area contributed by atoms with E-state index in [2.05, 4.69) is 15.0 Å². The van der Waals surface area contributed by atoms with Crippen LogP contribution in [0.25, 0.3) is 11.6 Å². The molecule has 2 heterocycles. The zero-order valence-electron chi connectivity index (χ0n) is 6.56. The molecule has 0 N–H and O–H groups in total. The second kappa shape index (κ2) is 2.73. The van der Waals surface area contributed by atoms with Gasteiger partial charge in [-0.05, 0) is 13.0 Å². The molecule has 0 aliphatic rings. The Bertz CT molecular complexity index is 369. The summed E-state index contributed by atoms with van der Waals surface area (Å²) in [6, 6.07) is 1.76. The second-order valence-corrected chi connectivity index (χ2v) is 2.39. The van der Waals surface area contributed by atoms with E-state index in [-0.39, 0.29) is 0 Å². The monoisotopic (exact) mass is 161 g/mol. The molecule has 2 aromatic heterocycles. The minimum atomic E-state index is 0.537. The summed E-state index contributed by atoms with van der Waals surface area (Å²) in [5, 5.41) is 0. The van der Waals surface area contributed by atoms with Crippen LogP contribution in [0.1, 0.15) is 5.69 Å². The number of aryl methyl sites for hydroxylation is 1. The molecule has 2 rings (SSSR count). The maximum absolute atomic E-state index is 5.15. The molecule has 0 atom stereocenters. The van der Waals surface area contributed by atoms with Crippen LogP contribution in [0.5, 0.6) is 0 Å². The minimum Gasteiger partial charge on any atom is -0.443 e. The molecule has 2 aromatic rings. The Morgan fingerprint density at radius 2 is 2.33 bits per heavy atom. The zero-order valence-corrected chi connectivity index (χ0v) is 6.56. The standard InChI is InChI=1S/C8H7N3O/c1-6-4-12-8(11-6)7-2-3-9-5-10-7/h2-5H,1H3. The highest BCUT2D eigenvalue weighted by Gasteiger charge is 2.03. The van der Waals surface area contributed by atoms with Gasteiger partial charge in [0, 0.05) is 6.20 Å². The van der Waals surface area contributed by atoms with E-state index in [0.29, 0.717) is 11.6 Å². The molecule has 0 unspecified atom stereocenters. The lowest BCUT2D eigenvalue weighted by Crippen LogP contribution is -1.83. The number of aromatic nitrogens is 3. The van der Waals surface area contributed by atoms with Crippen LogP contribution in [0, 0.1) is 6.92 Å². The predicted molar refractivity (Wildman–Crippen MR) is 42.3 cm³/mol. The second-order valence-electron chi connectivity index (χ2n) is 2.39. The summed E-state index contributed by atoms with van der Waals surface area (Å²) in [7, 11) is 0. The van der Waals surface area contributed by atoms with Crippen molar-refractivity contribution >= 4 is 0 Å². The zero-order chi connectivity index (χ0) is 8.39. The van der Waals surface area contributed by atoms with Crippen molar-refractivity contribution in [3.63, 3.8) is 0 Å². The van der Waals surface area contributed by atoms with E-state index >= 15 is 0 Å². The van der Waals surface area contributed by atoms with Crippen LogP contribution < -0.4 is 0 Å². The highest BCUT2D eigenvalue weighted by Crippen LogP contribution is 2.13. The Morgan fingerprint density at radius 3 is 2.92 bits per heavy atom. The van der Waals surface area contributed by atoms with E-state index in [4.69, 9.17) is 4.42 Å². The van der Waals surface area contributed by atoms with Crippen molar-refractivity contribution < 1.29 is 4.42 Å². The molecule has 4 nitrogen and oxygen atoms in total. The maximum atomic E-state index is 5.15. The molecule has 0 fully saturated rings. The van der Waals surface area contributed by atoms with Crippen molar-refractivity contribution in [3.05, 3.63) is 30.5 Å². The summed E-state index contributed by atoms with van der Waals surface area (Å²) in [6.07, 6.45) is 4.72. The summed E-state index contributed by atoms with van der Waals surface area (Å²) < 4.78 is 5.15. The van der Waals surface area contributed by atoms with Gasteiger partial charge >= 0.3 is 0 Å². The van der Waals surface area contributed by atoms with Crippen LogP contribution in [0.2, 0.25) is 0 Å². The van der Waals surface area contributed by atoms with Crippen molar-refractivity contribution in [1.82, 2.24) is 15.0 Å². The van der Waals surface area contributed by atoms with Gasteiger partial charge < -0.3 is 4.42 Å². The Labute approximate surface area is 69.3 Å². The van der Waals surface area contributed by atoms with Gasteiger partial charge in [-0.25, -0.2) is 15.0 Å². The van der Waals surface area contributed by atoms with Crippen LogP contribution in [0.4, 0.5) is 0 Å². The molecule has 0 aliphatic carbocycles. The van der Waals surface area contributed by atoms with Crippen molar-refractivity contribution in [2.75, 3.05) is 0 Å². The Kier molecular flexibility index (Phi) is 1.59. The first-order valence-electron chi connectivity index (χ1n) is 3.55. The van der Waals surface area contributed by atoms with Gasteiger partial charge in [0.05, 0.1) is 5.69 Å². The maximum Gasteiger partial charge on any atom is 0.245 e. The Hall–Kier alpha value is -1.71. The smallest absolute Gasteiger partial charge is 0.245 e. The van der Waals surface area contributed by atoms with Crippen LogP contribution in [0.3, 0.4) is 0 Å². The third-order valence-electron chi connectivity index (χ3n) is 1.42. The summed E-state index contributed by atoms with van der Waals surface area (Å²) in [5.41, 5.74) is 1.56. The van der Waals surface area contributed by atoms with Gasteiger partial charge in [-0.1, -0.05) is 0 Å². The van der Waals surface area contributed by atoms with Crippen LogP contribution in [0.15, 0.2) is 29.3 Å². The van der Waals surface area contributed by atoms with E-state index in [0.717, 1.165) is 5.69 Å². The van der Waals surface area contributed by atoms with Gasteiger partial charge in [0.15, 0.2) is 0 Å². The number of hydrogen-bond acceptors (Lipinski definition) is 4. The van der Waals surface area contributed by atoms with Crippen molar-refractivity contribution in [1.29, 1.82) is 0 Å². The van der Waals surface area contributed by atoms with Gasteiger partial charge in [-0.2, -0.15) is 0 Å². The minimum absolute atomic E-state index is 0.537. The number of oxazole rings is 1. The summed E-state index contributed by atoms with van der Waals surface area (Å²) >= 11 is 0. The van der Waals surface area contributed by atoms with Gasteiger partial charge in [-0.3, -0.25) is 0 Å². The van der Waals surface area contributed by atoms with Crippen LogP contribution in [-0.2, 0) is 0 Å². The molecule has 0 saturated carbocycles. The first kappa shape index (κ1) is 6.97. The van der Waals surface area contributed by atoms with E-state index < -0.39 is 0 Å². The largest absolute Gasteiger partial charge is 0.443 e. The van der Waals surface area contributed by atoms with Gasteiger partial charge in [0.2, 0.25) is 5.89 Å². The molecule has 4 heteroatoms. The normalized spacial score (nSPS) is 10.1. The van der Waals surface area contributed by atoms with Gasteiger partial charge in [0.25, 0.3) is 0 Å². The number of rotatable bonds is 1. The van der Waals surface area contributed by atoms with Crippen molar-refractivity contribution in [3.8, 4) is 11.6 Å². The van der Waals surface area contributed by atoms with Gasteiger partial charge in [-0.15, -0.1) is 0 Å². The molecule has 0 bridgehead atoms. The molecule has 60 valence electrons. The Morgan fingerprint density at radius 1 is 1.42 bits per heavy atom. The van der Waals surface area contributed by atoms with E-state index in [1.807, 2.05) is 6.92 Å². The fourth-order valence-electron chi connectivity index (χ4n) is 0.889. The molecule has 0 saturated heterocycles. The average Bonchev–Trinajstić information content (AvgIpc) is 2.54. The molecular weight excluding hydrogens is 154 g/mol. The highest BCUT2D eigenvalue weighted by atomic mass is 16.3. The Balaban J connectivity index is 2.45. The summed E-state index contributed by atoms with van der Waals surface area (Å²) in [5.74, 6) is 0.537. The third kappa shape index (κ3) is 1.18. The number of nitrogens with zero attached hydrogens (tertiary/aromatic N) is 3. The molecule has 0 aromatic carbocycles. The van der Waals surface area contributed by atoms with E-state index in [1.54, 1.807) is 18.5 Å². The topological polar surface area (TPSA) is 51.8 Å². The molecule has 0 aliphatic heterocycles. The lowest BCUT2D eigenvalue weighted by molar-refractivity contribution is 0.571. The van der Waals surface area contributed by atoms with E-state index in [9.17, 15) is 0 Å². The predicted octanol–water partition coefficient (Wildman–Crippen LogP) is 1.44. The van der Waals surface area contributed by atoms with E-state index in [1.165, 1.54) is 6.33 Å². The van der Waals surface area contributed by atoms with Crippen molar-refractivity contribution in [2.24, 2.45) is 0 Å². The lowest BCUT2D eigenvalue weighted by atomic mass is 10.4. The quantitative estimate of drug-likeness (QED) is 0.635. The first-order chi connectivity index (χ1) is 5.86. The number of hydrogen-bond donors (Lipinski definition) is 0. The lowest BCUT2D eigenvalue weighted by Gasteiger charge is -1.89. The molecular formula is C8H7N3O. The van der Waals surface area contributed by atoms with Crippen LogP contribution >= 0.6 is 0 Å². The summed E-state index contributed by atoms with van der Waals surface area (Å²) in [4.78, 5) is 11.9. The fraction of sp³-hybridized carbons (Fsp3) is 0.125. The highest BCUT2D eigenvalue weighted by molar-refractivity contribution is 5.45. The molecule has 0 amide bonds. The molecule has 0 radical (unpaired) electrons. The fourth-order valence-corrected chi connectivity index (χ4v) is 0.889. The van der Waals surface area contributed by atoms with Gasteiger partial charge in [0.1, 0.15) is 18.3 Å².